The molecule has 0 aliphatic carbocycles. The number of aryl methyl sites for hydroxylation is 1. The Bertz CT molecular complexity index is 642. The maximum absolute atomic E-state index is 12.3. The second-order valence-electron chi connectivity index (χ2n) is 4.89. The number of hydrogen-bond acceptors (Lipinski definition) is 4. The molecule has 2 N–H and O–H groups in total. The van der Waals surface area contributed by atoms with E-state index in [1.165, 1.54) is 10.4 Å². The van der Waals surface area contributed by atoms with Gasteiger partial charge in [0.05, 0.1) is 17.3 Å². The van der Waals surface area contributed by atoms with E-state index in [0.29, 0.717) is 24.2 Å². The number of nitrogens with zero attached hydrogens (tertiary/aromatic N) is 2. The molecule has 2 heterocycles. The molecule has 0 saturated carbocycles. The Morgan fingerprint density at radius 1 is 1.43 bits per heavy atom. The molecule has 0 bridgehead atoms. The zero-order valence-electron chi connectivity index (χ0n) is 11.4. The van der Waals surface area contributed by atoms with Gasteiger partial charge in [-0.1, -0.05) is 11.6 Å². The van der Waals surface area contributed by atoms with Crippen molar-refractivity contribution >= 4 is 33.5 Å². The Labute approximate surface area is 128 Å². The lowest BCUT2D eigenvalue weighted by atomic mass is 9.99. The lowest BCUT2D eigenvalue weighted by Gasteiger charge is -2.29. The number of carbonyl (C=O) groups is 1. The van der Waals surface area contributed by atoms with Gasteiger partial charge in [-0.2, -0.15) is 12.7 Å². The van der Waals surface area contributed by atoms with E-state index in [2.05, 4.69) is 9.71 Å². The molecule has 9 heteroatoms. The second-order valence-corrected chi connectivity index (χ2v) is 6.94. The second kappa shape index (κ2) is 6.17. The van der Waals surface area contributed by atoms with Crippen LogP contribution in [-0.4, -0.2) is 41.9 Å². The Morgan fingerprint density at radius 2 is 2.05 bits per heavy atom. The number of carboxylic acids is 1. The van der Waals surface area contributed by atoms with Crippen LogP contribution in [0.15, 0.2) is 12.1 Å². The largest absolute Gasteiger partial charge is 0.481 e. The summed E-state index contributed by atoms with van der Waals surface area (Å²) in [5.74, 6) is -1.35. The van der Waals surface area contributed by atoms with E-state index in [1.807, 2.05) is 0 Å². The van der Waals surface area contributed by atoms with Crippen LogP contribution < -0.4 is 4.72 Å². The summed E-state index contributed by atoms with van der Waals surface area (Å²) >= 11 is 5.73. The van der Waals surface area contributed by atoms with E-state index in [9.17, 15) is 13.2 Å². The fraction of sp³-hybridized carbons (Fsp3) is 0.500. The van der Waals surface area contributed by atoms with Gasteiger partial charge in [0.25, 0.3) is 0 Å². The smallest absolute Gasteiger partial charge is 0.306 e. The van der Waals surface area contributed by atoms with E-state index in [0.717, 1.165) is 0 Å². The van der Waals surface area contributed by atoms with E-state index in [1.54, 1.807) is 13.0 Å². The Balaban J connectivity index is 2.07. The zero-order valence-corrected chi connectivity index (χ0v) is 13.0. The number of anilines is 1. The van der Waals surface area contributed by atoms with Gasteiger partial charge in [0, 0.05) is 13.1 Å². The van der Waals surface area contributed by atoms with Crippen LogP contribution in [0.2, 0.25) is 5.15 Å². The third kappa shape index (κ3) is 3.84. The van der Waals surface area contributed by atoms with Gasteiger partial charge in [-0.3, -0.25) is 9.52 Å². The summed E-state index contributed by atoms with van der Waals surface area (Å²) in [7, 11) is -3.71. The standard InChI is InChI=1S/C12H16ClN3O4S/c1-8-10(2-3-11(13)14-8)15-21(19,20)16-6-4-9(5-7-16)12(17)18/h2-3,9,15H,4-7H2,1H3,(H,17,18). The van der Waals surface area contributed by atoms with Gasteiger partial charge in [-0.05, 0) is 31.9 Å². The molecule has 0 spiro atoms. The van der Waals surface area contributed by atoms with Crippen molar-refractivity contribution in [2.45, 2.75) is 19.8 Å². The van der Waals surface area contributed by atoms with Gasteiger partial charge in [0.15, 0.2) is 0 Å². The van der Waals surface area contributed by atoms with Crippen LogP contribution in [0.25, 0.3) is 0 Å². The maximum Gasteiger partial charge on any atom is 0.306 e. The summed E-state index contributed by atoms with van der Waals surface area (Å²) in [4.78, 5) is 14.9. The highest BCUT2D eigenvalue weighted by Crippen LogP contribution is 2.22. The first-order valence-electron chi connectivity index (χ1n) is 6.43. The molecule has 0 aromatic carbocycles. The summed E-state index contributed by atoms with van der Waals surface area (Å²) in [5.41, 5.74) is 0.839. The lowest BCUT2D eigenvalue weighted by molar-refractivity contribution is -0.142. The molecule has 116 valence electrons. The number of aliphatic carboxylic acids is 1. The van der Waals surface area contributed by atoms with Crippen molar-refractivity contribution in [2.24, 2.45) is 5.92 Å². The van der Waals surface area contributed by atoms with E-state index in [-0.39, 0.29) is 18.2 Å². The maximum atomic E-state index is 12.3. The number of nitrogens with one attached hydrogen (secondary N) is 1. The molecule has 1 aromatic rings. The van der Waals surface area contributed by atoms with E-state index >= 15 is 0 Å². The first-order valence-corrected chi connectivity index (χ1v) is 8.25. The van der Waals surface area contributed by atoms with Gasteiger partial charge >= 0.3 is 16.2 Å². The third-order valence-electron chi connectivity index (χ3n) is 3.43. The minimum Gasteiger partial charge on any atom is -0.481 e. The molecule has 21 heavy (non-hydrogen) atoms. The summed E-state index contributed by atoms with van der Waals surface area (Å²) in [6, 6.07) is 3.05. The number of halogens is 1. The van der Waals surface area contributed by atoms with Crippen LogP contribution >= 0.6 is 11.6 Å². The highest BCUT2D eigenvalue weighted by molar-refractivity contribution is 7.90. The average molecular weight is 334 g/mol. The van der Waals surface area contributed by atoms with Gasteiger partial charge in [0.2, 0.25) is 0 Å². The number of hydrogen-bond donors (Lipinski definition) is 2. The fourth-order valence-corrected chi connectivity index (χ4v) is 3.69. The summed E-state index contributed by atoms with van der Waals surface area (Å²) in [5, 5.41) is 9.21. The van der Waals surface area contributed by atoms with E-state index in [4.69, 9.17) is 16.7 Å². The molecule has 7 nitrogen and oxygen atoms in total. The fourth-order valence-electron chi connectivity index (χ4n) is 2.18. The molecule has 0 radical (unpaired) electrons. The van der Waals surface area contributed by atoms with Crippen LogP contribution in [0.1, 0.15) is 18.5 Å². The molecule has 0 amide bonds. The number of piperidine rings is 1. The highest BCUT2D eigenvalue weighted by Gasteiger charge is 2.31. The highest BCUT2D eigenvalue weighted by atomic mass is 35.5. The molecular formula is C12H16ClN3O4S. The van der Waals surface area contributed by atoms with Crippen molar-refractivity contribution in [3.8, 4) is 0 Å². The van der Waals surface area contributed by atoms with Crippen molar-refractivity contribution in [1.29, 1.82) is 0 Å². The van der Waals surface area contributed by atoms with Crippen molar-refractivity contribution in [1.82, 2.24) is 9.29 Å². The van der Waals surface area contributed by atoms with Crippen LogP contribution in [0, 0.1) is 12.8 Å². The minimum absolute atomic E-state index is 0.187. The third-order valence-corrected chi connectivity index (χ3v) is 5.17. The van der Waals surface area contributed by atoms with Gasteiger partial charge < -0.3 is 5.11 Å². The molecule has 0 unspecified atom stereocenters. The zero-order chi connectivity index (χ0) is 15.6. The van der Waals surface area contributed by atoms with Crippen molar-refractivity contribution in [3.05, 3.63) is 23.0 Å². The molecule has 0 atom stereocenters. The number of rotatable bonds is 4. The van der Waals surface area contributed by atoms with Crippen LogP contribution in [0.4, 0.5) is 5.69 Å². The van der Waals surface area contributed by atoms with Gasteiger partial charge in [-0.15, -0.1) is 0 Å². The topological polar surface area (TPSA) is 99.6 Å². The Kier molecular flexibility index (Phi) is 4.70. The van der Waals surface area contributed by atoms with Crippen LogP contribution in [0.3, 0.4) is 0 Å². The number of pyridine rings is 1. The van der Waals surface area contributed by atoms with Gasteiger partial charge in [0.1, 0.15) is 5.15 Å². The molecular weight excluding hydrogens is 318 g/mol. The van der Waals surface area contributed by atoms with Gasteiger partial charge in [-0.25, -0.2) is 4.98 Å². The molecule has 1 fully saturated rings. The van der Waals surface area contributed by atoms with Crippen molar-refractivity contribution in [2.75, 3.05) is 17.8 Å². The van der Waals surface area contributed by atoms with Crippen molar-refractivity contribution in [3.63, 3.8) is 0 Å². The van der Waals surface area contributed by atoms with E-state index < -0.39 is 22.1 Å². The monoisotopic (exact) mass is 333 g/mol. The molecule has 1 saturated heterocycles. The quantitative estimate of drug-likeness (QED) is 0.813. The summed E-state index contributed by atoms with van der Waals surface area (Å²) in [6.45, 7) is 2.03. The SMILES string of the molecule is Cc1nc(Cl)ccc1NS(=O)(=O)N1CCC(C(=O)O)CC1. The Morgan fingerprint density at radius 3 is 2.57 bits per heavy atom. The summed E-state index contributed by atoms with van der Waals surface area (Å²) in [6.07, 6.45) is 0.627. The van der Waals surface area contributed by atoms with Crippen LogP contribution in [-0.2, 0) is 15.0 Å². The first-order chi connectivity index (χ1) is 9.79. The normalized spacial score (nSPS) is 17.6. The van der Waals surface area contributed by atoms with Crippen molar-refractivity contribution < 1.29 is 18.3 Å². The average Bonchev–Trinajstić information content (AvgIpc) is 2.42. The molecule has 2 rings (SSSR count). The lowest BCUT2D eigenvalue weighted by Crippen LogP contribution is -2.43. The molecule has 1 aliphatic rings. The van der Waals surface area contributed by atoms with Crippen LogP contribution in [0.5, 0.6) is 0 Å². The minimum atomic E-state index is -3.71. The molecule has 1 aliphatic heterocycles. The Hall–Kier alpha value is -1.38. The first kappa shape index (κ1) is 16.0. The number of aromatic nitrogens is 1. The predicted octanol–water partition coefficient (Wildman–Crippen LogP) is 1.50. The predicted molar refractivity (Wildman–Crippen MR) is 78.5 cm³/mol. The molecule has 1 aromatic heterocycles. The summed E-state index contributed by atoms with van der Waals surface area (Å²) < 4.78 is 28.3. The number of carboxylic acid groups (broad SMARTS) is 1.